The van der Waals surface area contributed by atoms with E-state index in [4.69, 9.17) is 11.6 Å². The van der Waals surface area contributed by atoms with E-state index in [1.54, 1.807) is 0 Å². The number of amides is 1. The minimum absolute atomic E-state index is 0.0829. The van der Waals surface area contributed by atoms with Gasteiger partial charge in [0.25, 0.3) is 0 Å². The predicted octanol–water partition coefficient (Wildman–Crippen LogP) is 0.104. The number of aromatic amines is 1. The van der Waals surface area contributed by atoms with E-state index < -0.39 is 6.10 Å². The first-order valence-electron chi connectivity index (χ1n) is 5.00. The summed E-state index contributed by atoms with van der Waals surface area (Å²) in [6, 6.07) is 0. The molecule has 1 saturated heterocycles. The number of hydrogen-bond acceptors (Lipinski definition) is 5. The van der Waals surface area contributed by atoms with Crippen molar-refractivity contribution in [2.45, 2.75) is 12.5 Å². The van der Waals surface area contributed by atoms with Gasteiger partial charge in [-0.25, -0.2) is 4.98 Å². The molecule has 0 aliphatic carbocycles. The highest BCUT2D eigenvalue weighted by Gasteiger charge is 2.31. The molecule has 17 heavy (non-hydrogen) atoms. The minimum atomic E-state index is -0.681. The van der Waals surface area contributed by atoms with Gasteiger partial charge in [0.15, 0.2) is 10.8 Å². The number of fused-ring (bicyclic) bond motifs is 1. The third kappa shape index (κ3) is 1.63. The lowest BCUT2D eigenvalue weighted by Gasteiger charge is -2.13. The van der Waals surface area contributed by atoms with Gasteiger partial charge >= 0.3 is 0 Å². The van der Waals surface area contributed by atoms with Crippen molar-refractivity contribution in [3.05, 3.63) is 11.5 Å². The summed E-state index contributed by atoms with van der Waals surface area (Å²) in [5, 5.41) is 9.61. The molecule has 1 aliphatic rings. The van der Waals surface area contributed by atoms with Crippen molar-refractivity contribution in [1.29, 1.82) is 0 Å². The third-order valence-electron chi connectivity index (χ3n) is 2.58. The molecular formula is C9H8ClN5O2. The molecule has 1 unspecified atom stereocenters. The molecule has 0 bridgehead atoms. The van der Waals surface area contributed by atoms with Crippen LogP contribution in [0.25, 0.3) is 11.2 Å². The number of anilines is 1. The van der Waals surface area contributed by atoms with Crippen molar-refractivity contribution >= 4 is 34.6 Å². The number of H-pyrrole nitrogens is 1. The van der Waals surface area contributed by atoms with Crippen molar-refractivity contribution in [3.8, 4) is 0 Å². The molecule has 1 atom stereocenters. The van der Waals surface area contributed by atoms with E-state index in [0.29, 0.717) is 11.2 Å². The molecule has 2 aromatic rings. The number of imidazole rings is 1. The zero-order valence-electron chi connectivity index (χ0n) is 8.59. The molecule has 2 N–H and O–H groups in total. The topological polar surface area (TPSA) is 95.0 Å². The number of nitrogens with zero attached hydrogens (tertiary/aromatic N) is 4. The number of hydrogen-bond donors (Lipinski definition) is 2. The SMILES string of the molecule is O=C1CC(O)CN1c1nc(Cl)c2[nH]cnc2n1. The van der Waals surface area contributed by atoms with Gasteiger partial charge in [0.05, 0.1) is 25.4 Å². The molecule has 7 nitrogen and oxygen atoms in total. The van der Waals surface area contributed by atoms with Crippen molar-refractivity contribution in [2.24, 2.45) is 0 Å². The summed E-state index contributed by atoms with van der Waals surface area (Å²) in [5.41, 5.74) is 0.928. The molecule has 0 saturated carbocycles. The number of aliphatic hydroxyl groups excluding tert-OH is 1. The van der Waals surface area contributed by atoms with Crippen LogP contribution >= 0.6 is 11.6 Å². The number of aromatic nitrogens is 4. The molecule has 0 spiro atoms. The standard InChI is InChI=1S/C9H8ClN5O2/c10-7-6-8(12-3-11-6)14-9(13-7)15-2-4(16)1-5(15)17/h3-4,16H,1-2H2,(H,11,12,13,14). The van der Waals surface area contributed by atoms with Crippen molar-refractivity contribution < 1.29 is 9.90 Å². The Hall–Kier alpha value is -1.73. The first-order valence-corrected chi connectivity index (χ1v) is 5.38. The third-order valence-corrected chi connectivity index (χ3v) is 2.85. The Morgan fingerprint density at radius 1 is 1.53 bits per heavy atom. The van der Waals surface area contributed by atoms with E-state index >= 15 is 0 Å². The quantitative estimate of drug-likeness (QED) is 0.703. The summed E-state index contributed by atoms with van der Waals surface area (Å²) in [6.45, 7) is 0.186. The van der Waals surface area contributed by atoms with Gasteiger partial charge in [-0.1, -0.05) is 11.6 Å². The van der Waals surface area contributed by atoms with Crippen LogP contribution in [0.15, 0.2) is 6.33 Å². The van der Waals surface area contributed by atoms with Gasteiger partial charge in [-0.3, -0.25) is 9.69 Å². The maximum Gasteiger partial charge on any atom is 0.235 e. The molecule has 8 heteroatoms. The fourth-order valence-electron chi connectivity index (χ4n) is 1.79. The monoisotopic (exact) mass is 253 g/mol. The number of halogens is 1. The average Bonchev–Trinajstić information content (AvgIpc) is 2.84. The van der Waals surface area contributed by atoms with Crippen molar-refractivity contribution in [3.63, 3.8) is 0 Å². The fourth-order valence-corrected chi connectivity index (χ4v) is 2.00. The number of nitrogens with one attached hydrogen (secondary N) is 1. The van der Waals surface area contributed by atoms with Gasteiger partial charge < -0.3 is 10.1 Å². The lowest BCUT2D eigenvalue weighted by molar-refractivity contribution is -0.117. The van der Waals surface area contributed by atoms with Crippen LogP contribution in [0.4, 0.5) is 5.95 Å². The molecule has 1 aliphatic heterocycles. The molecular weight excluding hydrogens is 246 g/mol. The van der Waals surface area contributed by atoms with Gasteiger partial charge in [0, 0.05) is 0 Å². The molecule has 3 rings (SSSR count). The van der Waals surface area contributed by atoms with Gasteiger partial charge in [-0.15, -0.1) is 0 Å². The molecule has 1 amide bonds. The van der Waals surface area contributed by atoms with Crippen LogP contribution in [0.5, 0.6) is 0 Å². The second-order valence-corrected chi connectivity index (χ2v) is 4.14. The van der Waals surface area contributed by atoms with E-state index in [9.17, 15) is 9.90 Å². The normalized spacial score (nSPS) is 20.5. The van der Waals surface area contributed by atoms with Crippen molar-refractivity contribution in [1.82, 2.24) is 19.9 Å². The van der Waals surface area contributed by atoms with Gasteiger partial charge in [0.2, 0.25) is 11.9 Å². The van der Waals surface area contributed by atoms with E-state index in [-0.39, 0.29) is 30.0 Å². The lowest BCUT2D eigenvalue weighted by atomic mass is 10.3. The van der Waals surface area contributed by atoms with Crippen LogP contribution in [-0.2, 0) is 4.79 Å². The Balaban J connectivity index is 2.08. The Morgan fingerprint density at radius 2 is 2.35 bits per heavy atom. The summed E-state index contributed by atoms with van der Waals surface area (Å²) in [4.78, 5) is 27.8. The highest BCUT2D eigenvalue weighted by Crippen LogP contribution is 2.23. The van der Waals surface area contributed by atoms with Crippen LogP contribution in [0.1, 0.15) is 6.42 Å². The molecule has 3 heterocycles. The van der Waals surface area contributed by atoms with Crippen LogP contribution in [0, 0.1) is 0 Å². The summed E-state index contributed by atoms with van der Waals surface area (Å²) in [6.07, 6.45) is 0.856. The number of rotatable bonds is 1. The predicted molar refractivity (Wildman–Crippen MR) is 59.7 cm³/mol. The van der Waals surface area contributed by atoms with E-state index in [1.807, 2.05) is 0 Å². The maximum absolute atomic E-state index is 11.6. The number of carbonyl (C=O) groups is 1. The Bertz CT molecular complexity index is 598. The summed E-state index contributed by atoms with van der Waals surface area (Å²) < 4.78 is 0. The summed E-state index contributed by atoms with van der Waals surface area (Å²) in [5.74, 6) is -0.0420. The highest BCUT2D eigenvalue weighted by atomic mass is 35.5. The zero-order valence-corrected chi connectivity index (χ0v) is 9.35. The second kappa shape index (κ2) is 3.64. The van der Waals surface area contributed by atoms with E-state index in [1.165, 1.54) is 11.2 Å². The Labute approximate surface area is 100 Å². The van der Waals surface area contributed by atoms with Gasteiger partial charge in [-0.2, -0.15) is 9.97 Å². The maximum atomic E-state index is 11.6. The number of β-amino-alcohol motifs (C(OH)–C–C–N with tert-alkyl or cyclic N) is 1. The highest BCUT2D eigenvalue weighted by molar-refractivity contribution is 6.33. The van der Waals surface area contributed by atoms with Crippen molar-refractivity contribution in [2.75, 3.05) is 11.4 Å². The van der Waals surface area contributed by atoms with Crippen LogP contribution in [-0.4, -0.2) is 43.6 Å². The Morgan fingerprint density at radius 3 is 3.06 bits per heavy atom. The van der Waals surface area contributed by atoms with Gasteiger partial charge in [-0.05, 0) is 0 Å². The first-order chi connectivity index (χ1) is 8.15. The molecule has 88 valence electrons. The van der Waals surface area contributed by atoms with Crippen LogP contribution in [0.2, 0.25) is 5.15 Å². The number of carbonyl (C=O) groups excluding carboxylic acids is 1. The number of aliphatic hydroxyl groups is 1. The average molecular weight is 254 g/mol. The molecule has 0 aromatic carbocycles. The van der Waals surface area contributed by atoms with E-state index in [2.05, 4.69) is 19.9 Å². The van der Waals surface area contributed by atoms with E-state index in [0.717, 1.165) is 0 Å². The second-order valence-electron chi connectivity index (χ2n) is 3.78. The summed E-state index contributed by atoms with van der Waals surface area (Å²) in [7, 11) is 0. The fraction of sp³-hybridized carbons (Fsp3) is 0.333. The molecule has 1 fully saturated rings. The largest absolute Gasteiger partial charge is 0.391 e. The smallest absolute Gasteiger partial charge is 0.235 e. The van der Waals surface area contributed by atoms with Crippen LogP contribution < -0.4 is 4.90 Å². The van der Waals surface area contributed by atoms with Crippen LogP contribution in [0.3, 0.4) is 0 Å². The zero-order chi connectivity index (χ0) is 12.0. The van der Waals surface area contributed by atoms with Gasteiger partial charge in [0.1, 0.15) is 5.52 Å². The Kier molecular flexibility index (Phi) is 2.23. The molecule has 2 aromatic heterocycles. The molecule has 0 radical (unpaired) electrons. The minimum Gasteiger partial charge on any atom is -0.391 e. The lowest BCUT2D eigenvalue weighted by Crippen LogP contribution is -2.27. The summed E-state index contributed by atoms with van der Waals surface area (Å²) >= 11 is 5.94. The first kappa shape index (κ1) is 10.4.